The molecule has 1 aromatic heterocycles. The van der Waals surface area contributed by atoms with Crippen LogP contribution in [0.5, 0.6) is 11.5 Å². The minimum absolute atomic E-state index is 0.0150. The monoisotopic (exact) mass is 246 g/mol. The number of aliphatic hydroxyl groups excluding tert-OH is 1. The van der Waals surface area contributed by atoms with E-state index in [0.29, 0.717) is 17.1 Å². The molecule has 2 rings (SSSR count). The maximum Gasteiger partial charge on any atom is 0.136 e. The summed E-state index contributed by atoms with van der Waals surface area (Å²) in [7, 11) is 3.34. The smallest absolute Gasteiger partial charge is 0.136 e. The van der Waals surface area contributed by atoms with Gasteiger partial charge in [-0.3, -0.25) is 0 Å². The lowest BCUT2D eigenvalue weighted by Crippen LogP contribution is -1.92. The Balaban J connectivity index is 2.42. The van der Waals surface area contributed by atoms with E-state index in [2.05, 4.69) is 4.98 Å². The molecule has 0 aliphatic heterocycles. The van der Waals surface area contributed by atoms with E-state index in [1.807, 2.05) is 7.05 Å². The third-order valence-corrected chi connectivity index (χ3v) is 2.60. The summed E-state index contributed by atoms with van der Waals surface area (Å²) in [4.78, 5) is 4.07. The van der Waals surface area contributed by atoms with Crippen molar-refractivity contribution in [3.63, 3.8) is 0 Å². The largest absolute Gasteiger partial charge is 0.507 e. The molecule has 18 heavy (non-hydrogen) atoms. The van der Waals surface area contributed by atoms with Gasteiger partial charge in [-0.2, -0.15) is 0 Å². The van der Waals surface area contributed by atoms with Crippen LogP contribution in [0.1, 0.15) is 11.4 Å². The van der Waals surface area contributed by atoms with Crippen molar-refractivity contribution in [1.82, 2.24) is 9.55 Å². The number of hydrogen-bond donors (Lipinski definition) is 2. The fourth-order valence-corrected chi connectivity index (χ4v) is 1.56. The molecule has 0 aliphatic carbocycles. The maximum atomic E-state index is 10.0. The molecule has 5 nitrogen and oxygen atoms in total. The number of aliphatic hydroxyl groups is 1. The van der Waals surface area contributed by atoms with Crippen LogP contribution >= 0.6 is 0 Å². The van der Waals surface area contributed by atoms with E-state index in [1.54, 1.807) is 29.1 Å². The van der Waals surface area contributed by atoms with Crippen molar-refractivity contribution < 1.29 is 14.9 Å². The number of imidazole rings is 1. The summed E-state index contributed by atoms with van der Waals surface area (Å²) in [5.74, 6) is 1.07. The van der Waals surface area contributed by atoms with Gasteiger partial charge in [0.15, 0.2) is 0 Å². The summed E-state index contributed by atoms with van der Waals surface area (Å²) in [6, 6.07) is 4.65. The van der Waals surface area contributed by atoms with Gasteiger partial charge in [-0.25, -0.2) is 4.98 Å². The molecule has 0 saturated carbocycles. The average Bonchev–Trinajstić information content (AvgIpc) is 2.75. The van der Waals surface area contributed by atoms with E-state index < -0.39 is 0 Å². The summed E-state index contributed by atoms with van der Waals surface area (Å²) in [6.07, 6.45) is 4.88. The summed E-state index contributed by atoms with van der Waals surface area (Å²) < 4.78 is 6.81. The van der Waals surface area contributed by atoms with Crippen LogP contribution in [-0.4, -0.2) is 26.9 Å². The summed E-state index contributed by atoms with van der Waals surface area (Å²) in [5, 5.41) is 19.7. The lowest BCUT2D eigenvalue weighted by Gasteiger charge is -2.06. The van der Waals surface area contributed by atoms with Crippen molar-refractivity contribution in [1.29, 1.82) is 0 Å². The molecule has 0 saturated heterocycles. The van der Waals surface area contributed by atoms with Crippen LogP contribution in [-0.2, 0) is 7.05 Å². The van der Waals surface area contributed by atoms with Gasteiger partial charge < -0.3 is 19.5 Å². The van der Waals surface area contributed by atoms with Gasteiger partial charge in [0.1, 0.15) is 23.1 Å². The van der Waals surface area contributed by atoms with Crippen molar-refractivity contribution in [2.45, 2.75) is 0 Å². The van der Waals surface area contributed by atoms with Crippen molar-refractivity contribution in [3.05, 3.63) is 42.0 Å². The Morgan fingerprint density at radius 3 is 2.83 bits per heavy atom. The predicted octanol–water partition coefficient (Wildman–Crippen LogP) is 2.19. The number of methoxy groups -OCH3 is 1. The summed E-state index contributed by atoms with van der Waals surface area (Å²) in [6.45, 7) is 0. The molecule has 1 aromatic carbocycles. The van der Waals surface area contributed by atoms with E-state index in [9.17, 15) is 10.2 Å². The number of aromatic hydroxyl groups is 1. The lowest BCUT2D eigenvalue weighted by atomic mass is 10.1. The maximum absolute atomic E-state index is 10.0. The number of phenols is 1. The van der Waals surface area contributed by atoms with Crippen LogP contribution in [0.25, 0.3) is 11.8 Å². The zero-order chi connectivity index (χ0) is 13.1. The number of aromatic nitrogens is 2. The predicted molar refractivity (Wildman–Crippen MR) is 68.4 cm³/mol. The van der Waals surface area contributed by atoms with E-state index in [0.717, 1.165) is 0 Å². The van der Waals surface area contributed by atoms with Crippen LogP contribution in [0.4, 0.5) is 0 Å². The van der Waals surface area contributed by atoms with Gasteiger partial charge in [0, 0.05) is 25.5 Å². The van der Waals surface area contributed by atoms with Gasteiger partial charge >= 0.3 is 0 Å². The second-order valence-corrected chi connectivity index (χ2v) is 3.81. The first-order valence-corrected chi connectivity index (χ1v) is 5.37. The van der Waals surface area contributed by atoms with E-state index >= 15 is 0 Å². The SMILES string of the molecule is COc1ccc(O)c(/C(O)=C/c2nccn2C)c1. The van der Waals surface area contributed by atoms with Crippen LogP contribution in [0.2, 0.25) is 0 Å². The fourth-order valence-electron chi connectivity index (χ4n) is 1.56. The highest BCUT2D eigenvalue weighted by Crippen LogP contribution is 2.28. The van der Waals surface area contributed by atoms with Crippen LogP contribution in [0.15, 0.2) is 30.6 Å². The highest BCUT2D eigenvalue weighted by molar-refractivity contribution is 5.77. The number of ether oxygens (including phenoxy) is 1. The minimum atomic E-state index is -0.0688. The van der Waals surface area contributed by atoms with Crippen molar-refractivity contribution in [2.75, 3.05) is 7.11 Å². The molecule has 1 heterocycles. The first kappa shape index (κ1) is 12.0. The number of phenolic OH excluding ortho intramolecular Hbond substituents is 1. The van der Waals surface area contributed by atoms with Gasteiger partial charge in [-0.05, 0) is 18.2 Å². The zero-order valence-electron chi connectivity index (χ0n) is 10.2. The summed E-state index contributed by atoms with van der Waals surface area (Å²) in [5.41, 5.74) is 0.303. The number of benzene rings is 1. The molecule has 0 bridgehead atoms. The van der Waals surface area contributed by atoms with Crippen LogP contribution < -0.4 is 4.74 Å². The molecule has 0 radical (unpaired) electrons. The molecule has 5 heteroatoms. The van der Waals surface area contributed by atoms with Gasteiger partial charge in [-0.1, -0.05) is 0 Å². The van der Waals surface area contributed by atoms with Crippen molar-refractivity contribution in [2.24, 2.45) is 7.05 Å². The average molecular weight is 246 g/mol. The fraction of sp³-hybridized carbons (Fsp3) is 0.154. The first-order valence-electron chi connectivity index (χ1n) is 5.37. The molecular weight excluding hydrogens is 232 g/mol. The highest BCUT2D eigenvalue weighted by atomic mass is 16.5. The van der Waals surface area contributed by atoms with Gasteiger partial charge in [0.05, 0.1) is 12.7 Å². The number of nitrogens with zero attached hydrogens (tertiary/aromatic N) is 2. The lowest BCUT2D eigenvalue weighted by molar-refractivity contribution is 0.410. The van der Waals surface area contributed by atoms with Crippen LogP contribution in [0, 0.1) is 0 Å². The molecule has 0 unspecified atom stereocenters. The van der Waals surface area contributed by atoms with E-state index in [4.69, 9.17) is 4.74 Å². The van der Waals surface area contributed by atoms with E-state index in [1.165, 1.54) is 19.3 Å². The second kappa shape index (κ2) is 4.83. The number of hydrogen-bond acceptors (Lipinski definition) is 4. The molecule has 2 N–H and O–H groups in total. The molecule has 2 aromatic rings. The Bertz CT molecular complexity index is 588. The second-order valence-electron chi connectivity index (χ2n) is 3.81. The summed E-state index contributed by atoms with van der Waals surface area (Å²) >= 11 is 0. The molecule has 0 fully saturated rings. The van der Waals surface area contributed by atoms with Gasteiger partial charge in [0.2, 0.25) is 0 Å². The minimum Gasteiger partial charge on any atom is -0.507 e. The van der Waals surface area contributed by atoms with Crippen molar-refractivity contribution >= 4 is 11.8 Å². The molecular formula is C13H14N2O3. The zero-order valence-corrected chi connectivity index (χ0v) is 10.2. The molecule has 0 aliphatic rings. The Morgan fingerprint density at radius 1 is 1.44 bits per heavy atom. The topological polar surface area (TPSA) is 67.5 Å². The molecule has 0 atom stereocenters. The third kappa shape index (κ3) is 2.29. The highest BCUT2D eigenvalue weighted by Gasteiger charge is 2.09. The molecule has 94 valence electrons. The van der Waals surface area contributed by atoms with Gasteiger partial charge in [-0.15, -0.1) is 0 Å². The van der Waals surface area contributed by atoms with Crippen LogP contribution in [0.3, 0.4) is 0 Å². The Kier molecular flexibility index (Phi) is 3.23. The normalized spacial score (nSPS) is 11.6. The Morgan fingerprint density at radius 2 is 2.22 bits per heavy atom. The number of rotatable bonds is 3. The molecule has 0 amide bonds. The standard InChI is InChI=1S/C13H14N2O3/c1-15-6-5-14-13(15)8-12(17)10-7-9(18-2)3-4-11(10)16/h3-8,16-17H,1-2H3/b12-8-. The van der Waals surface area contributed by atoms with Gasteiger partial charge in [0.25, 0.3) is 0 Å². The van der Waals surface area contributed by atoms with E-state index in [-0.39, 0.29) is 11.5 Å². The first-order chi connectivity index (χ1) is 8.61. The number of aryl methyl sites for hydroxylation is 1. The van der Waals surface area contributed by atoms with Crippen molar-refractivity contribution in [3.8, 4) is 11.5 Å². The Labute approximate surface area is 105 Å². The quantitative estimate of drug-likeness (QED) is 0.815. The third-order valence-electron chi connectivity index (χ3n) is 2.60. The Hall–Kier alpha value is -2.43. The molecule has 0 spiro atoms.